The fourth-order valence-electron chi connectivity index (χ4n) is 1.74. The van der Waals surface area contributed by atoms with Crippen molar-refractivity contribution in [2.45, 2.75) is 12.8 Å². The SMILES string of the molecule is C=C1CC(=O)N(CN2C(=O)CC(=C)C2=O)C1=O. The van der Waals surface area contributed by atoms with Gasteiger partial charge in [0.05, 0.1) is 12.8 Å². The molecule has 0 aliphatic carbocycles. The molecule has 2 aliphatic rings. The van der Waals surface area contributed by atoms with Crippen molar-refractivity contribution in [2.75, 3.05) is 6.67 Å². The Labute approximate surface area is 97.2 Å². The van der Waals surface area contributed by atoms with Crippen LogP contribution < -0.4 is 0 Å². The Morgan fingerprint density at radius 3 is 1.41 bits per heavy atom. The molecule has 17 heavy (non-hydrogen) atoms. The minimum absolute atomic E-state index is 0.0595. The molecule has 0 bridgehead atoms. The summed E-state index contributed by atoms with van der Waals surface area (Å²) in [4.78, 5) is 47.7. The Kier molecular flexibility index (Phi) is 2.42. The van der Waals surface area contributed by atoms with Gasteiger partial charge in [-0.3, -0.25) is 29.0 Å². The molecule has 2 fully saturated rings. The van der Waals surface area contributed by atoms with E-state index in [0.29, 0.717) is 0 Å². The number of hydrogen-bond acceptors (Lipinski definition) is 4. The highest BCUT2D eigenvalue weighted by Crippen LogP contribution is 2.21. The van der Waals surface area contributed by atoms with E-state index < -0.39 is 23.6 Å². The molecule has 2 aliphatic heterocycles. The van der Waals surface area contributed by atoms with Gasteiger partial charge in [0, 0.05) is 11.1 Å². The van der Waals surface area contributed by atoms with Crippen molar-refractivity contribution in [2.24, 2.45) is 0 Å². The highest BCUT2D eigenvalue weighted by atomic mass is 16.2. The van der Waals surface area contributed by atoms with Gasteiger partial charge < -0.3 is 0 Å². The van der Waals surface area contributed by atoms with Gasteiger partial charge in [-0.2, -0.15) is 0 Å². The summed E-state index contributed by atoms with van der Waals surface area (Å²) in [6, 6.07) is 0. The topological polar surface area (TPSA) is 74.8 Å². The summed E-state index contributed by atoms with van der Waals surface area (Å²) in [5, 5.41) is 0. The van der Waals surface area contributed by atoms with Crippen molar-refractivity contribution >= 4 is 23.6 Å². The number of carbonyl (C=O) groups excluding carboxylic acids is 4. The average Bonchev–Trinajstić information content (AvgIpc) is 2.62. The van der Waals surface area contributed by atoms with Gasteiger partial charge in [0.15, 0.2) is 0 Å². The Hall–Kier alpha value is -2.24. The van der Waals surface area contributed by atoms with E-state index in [-0.39, 0.29) is 30.7 Å². The van der Waals surface area contributed by atoms with Gasteiger partial charge >= 0.3 is 0 Å². The lowest BCUT2D eigenvalue weighted by molar-refractivity contribution is -0.146. The quantitative estimate of drug-likeness (QED) is 0.480. The molecule has 0 radical (unpaired) electrons. The number of imide groups is 2. The predicted molar refractivity (Wildman–Crippen MR) is 56.1 cm³/mol. The van der Waals surface area contributed by atoms with Crippen molar-refractivity contribution in [3.63, 3.8) is 0 Å². The van der Waals surface area contributed by atoms with E-state index in [0.717, 1.165) is 9.80 Å². The van der Waals surface area contributed by atoms with Crippen LogP contribution in [0.4, 0.5) is 0 Å². The molecular formula is C11H10N2O4. The molecule has 88 valence electrons. The summed E-state index contributed by atoms with van der Waals surface area (Å²) in [6.45, 7) is 6.55. The molecular weight excluding hydrogens is 224 g/mol. The largest absolute Gasteiger partial charge is 0.274 e. The summed E-state index contributed by atoms with van der Waals surface area (Å²) in [7, 11) is 0. The van der Waals surface area contributed by atoms with Crippen molar-refractivity contribution in [1.82, 2.24) is 9.80 Å². The number of rotatable bonds is 2. The third-order valence-corrected chi connectivity index (χ3v) is 2.71. The Balaban J connectivity index is 2.17. The van der Waals surface area contributed by atoms with Gasteiger partial charge in [0.2, 0.25) is 11.8 Å². The molecule has 0 aromatic carbocycles. The zero-order valence-electron chi connectivity index (χ0n) is 9.06. The maximum Gasteiger partial charge on any atom is 0.257 e. The second-order valence-electron chi connectivity index (χ2n) is 3.96. The molecule has 6 nitrogen and oxygen atoms in total. The normalized spacial score (nSPS) is 21.2. The van der Waals surface area contributed by atoms with Gasteiger partial charge in [-0.25, -0.2) is 0 Å². The van der Waals surface area contributed by atoms with Crippen LogP contribution in [0.2, 0.25) is 0 Å². The van der Waals surface area contributed by atoms with Crippen LogP contribution in [0.15, 0.2) is 24.3 Å². The molecule has 0 aromatic heterocycles. The van der Waals surface area contributed by atoms with Crippen LogP contribution in [0.3, 0.4) is 0 Å². The maximum atomic E-state index is 11.5. The van der Waals surface area contributed by atoms with Crippen LogP contribution in [0, 0.1) is 0 Å². The van der Waals surface area contributed by atoms with Gasteiger partial charge in [0.25, 0.3) is 11.8 Å². The van der Waals surface area contributed by atoms with E-state index in [4.69, 9.17) is 0 Å². The number of likely N-dealkylation sites (tertiary alicyclic amines) is 2. The number of carbonyl (C=O) groups is 4. The first-order valence-electron chi connectivity index (χ1n) is 4.96. The monoisotopic (exact) mass is 234 g/mol. The molecule has 0 atom stereocenters. The molecule has 6 heteroatoms. The van der Waals surface area contributed by atoms with Gasteiger partial charge in [-0.15, -0.1) is 0 Å². The molecule has 2 rings (SSSR count). The first-order chi connectivity index (χ1) is 7.91. The Morgan fingerprint density at radius 2 is 1.18 bits per heavy atom. The minimum atomic E-state index is -0.534. The van der Waals surface area contributed by atoms with E-state index in [1.807, 2.05) is 0 Å². The van der Waals surface area contributed by atoms with Gasteiger partial charge in [-0.05, 0) is 0 Å². The highest BCUT2D eigenvalue weighted by molar-refractivity contribution is 6.15. The maximum absolute atomic E-state index is 11.5. The van der Waals surface area contributed by atoms with Crippen LogP contribution in [0.1, 0.15) is 12.8 Å². The van der Waals surface area contributed by atoms with E-state index in [9.17, 15) is 19.2 Å². The van der Waals surface area contributed by atoms with Gasteiger partial charge in [-0.1, -0.05) is 13.2 Å². The average molecular weight is 234 g/mol. The van der Waals surface area contributed by atoms with Crippen molar-refractivity contribution in [1.29, 1.82) is 0 Å². The molecule has 0 N–H and O–H groups in total. The van der Waals surface area contributed by atoms with Crippen LogP contribution in [-0.2, 0) is 19.2 Å². The highest BCUT2D eigenvalue weighted by Gasteiger charge is 2.39. The summed E-state index contributed by atoms with van der Waals surface area (Å²) in [5.41, 5.74) is 0.348. The first-order valence-corrected chi connectivity index (χ1v) is 4.96. The third-order valence-electron chi connectivity index (χ3n) is 2.71. The summed E-state index contributed by atoms with van der Waals surface area (Å²) in [5.74, 6) is -1.96. The van der Waals surface area contributed by atoms with Gasteiger partial charge in [0.1, 0.15) is 6.67 Å². The number of nitrogens with zero attached hydrogens (tertiary/aromatic N) is 2. The van der Waals surface area contributed by atoms with E-state index >= 15 is 0 Å². The lowest BCUT2D eigenvalue weighted by Crippen LogP contribution is -2.43. The lowest BCUT2D eigenvalue weighted by Gasteiger charge is -2.20. The summed E-state index contributed by atoms with van der Waals surface area (Å²) in [6.07, 6.45) is -0.119. The minimum Gasteiger partial charge on any atom is -0.274 e. The van der Waals surface area contributed by atoms with Crippen LogP contribution >= 0.6 is 0 Å². The van der Waals surface area contributed by atoms with Crippen molar-refractivity contribution in [3.8, 4) is 0 Å². The van der Waals surface area contributed by atoms with E-state index in [2.05, 4.69) is 13.2 Å². The zero-order chi connectivity index (χ0) is 12.7. The van der Waals surface area contributed by atoms with E-state index in [1.165, 1.54) is 0 Å². The second-order valence-corrected chi connectivity index (χ2v) is 3.96. The fraction of sp³-hybridized carbons (Fsp3) is 0.273. The van der Waals surface area contributed by atoms with Crippen LogP contribution in [0.5, 0.6) is 0 Å². The molecule has 2 heterocycles. The Morgan fingerprint density at radius 1 is 0.824 bits per heavy atom. The molecule has 0 aromatic rings. The van der Waals surface area contributed by atoms with Crippen LogP contribution in [-0.4, -0.2) is 40.1 Å². The molecule has 0 unspecified atom stereocenters. The molecule has 2 saturated heterocycles. The predicted octanol–water partition coefficient (Wildman–Crippen LogP) is -0.426. The smallest absolute Gasteiger partial charge is 0.257 e. The number of amides is 4. The Bertz CT molecular complexity index is 448. The van der Waals surface area contributed by atoms with Crippen LogP contribution in [0.25, 0.3) is 0 Å². The fourth-order valence-corrected chi connectivity index (χ4v) is 1.74. The lowest BCUT2D eigenvalue weighted by atomic mass is 10.3. The number of hydrogen-bond donors (Lipinski definition) is 0. The molecule has 0 saturated carbocycles. The first kappa shape index (κ1) is 11.3. The van der Waals surface area contributed by atoms with Crippen molar-refractivity contribution in [3.05, 3.63) is 24.3 Å². The van der Waals surface area contributed by atoms with E-state index in [1.54, 1.807) is 0 Å². The second kappa shape index (κ2) is 3.65. The zero-order valence-corrected chi connectivity index (χ0v) is 9.06. The summed E-state index contributed by atoms with van der Waals surface area (Å²) < 4.78 is 0. The standard InChI is InChI=1S/C11H10N2O4/c1-6-3-8(14)12(10(6)16)5-13-9(15)4-7(2)11(13)17/h1-5H2. The molecule has 4 amide bonds. The third kappa shape index (κ3) is 1.67. The summed E-state index contributed by atoms with van der Waals surface area (Å²) >= 11 is 0. The molecule has 0 spiro atoms. The van der Waals surface area contributed by atoms with Crippen molar-refractivity contribution < 1.29 is 19.2 Å².